The molecule has 2 N–H and O–H groups in total. The minimum Gasteiger partial charge on any atom is -0.444 e. The Labute approximate surface area is 246 Å². The number of ketones is 1. The van der Waals surface area contributed by atoms with Crippen molar-refractivity contribution in [3.8, 4) is 0 Å². The summed E-state index contributed by atoms with van der Waals surface area (Å²) in [5, 5.41) is 14.0. The lowest BCUT2D eigenvalue weighted by Crippen LogP contribution is -2.43. The number of hydrogen-bond donors (Lipinski definition) is 2. The molecule has 0 radical (unpaired) electrons. The van der Waals surface area contributed by atoms with E-state index in [-0.39, 0.29) is 25.2 Å². The number of Topliss-reactive ketones (excluding diaryl/α,β-unsaturated/α-hetero) is 1. The first kappa shape index (κ1) is 33.1. The van der Waals surface area contributed by atoms with Crippen molar-refractivity contribution in [3.63, 3.8) is 0 Å². The number of aliphatic hydroxyl groups excluding tert-OH is 1. The molecule has 8 heteroatoms. The van der Waals surface area contributed by atoms with E-state index in [1.165, 1.54) is 5.56 Å². The van der Waals surface area contributed by atoms with E-state index >= 15 is 0 Å². The van der Waals surface area contributed by atoms with Crippen LogP contribution >= 0.6 is 23.2 Å². The Kier molecular flexibility index (Phi) is 13.8. The maximum Gasteiger partial charge on any atom is 0.410 e. The summed E-state index contributed by atoms with van der Waals surface area (Å²) in [6.07, 6.45) is 1.87. The Morgan fingerprint density at radius 1 is 1.08 bits per heavy atom. The lowest BCUT2D eigenvalue weighted by Gasteiger charge is -2.28. The van der Waals surface area contributed by atoms with E-state index in [1.54, 1.807) is 36.1 Å². The van der Waals surface area contributed by atoms with Crippen LogP contribution in [0.5, 0.6) is 0 Å². The fourth-order valence-corrected chi connectivity index (χ4v) is 4.73. The van der Waals surface area contributed by atoms with Gasteiger partial charge in [0.1, 0.15) is 5.60 Å². The number of carbonyl (C=O) groups is 2. The van der Waals surface area contributed by atoms with E-state index in [1.807, 2.05) is 52.0 Å². The first-order valence-corrected chi connectivity index (χ1v) is 13.8. The average Bonchev–Trinajstić information content (AvgIpc) is 3.45. The van der Waals surface area contributed by atoms with E-state index in [4.69, 9.17) is 29.3 Å². The molecule has 4 rings (SSSR count). The predicted octanol–water partition coefficient (Wildman–Crippen LogP) is 7.44. The van der Waals surface area contributed by atoms with Gasteiger partial charge in [-0.3, -0.25) is 9.69 Å². The Balaban J connectivity index is 0.000000382. The summed E-state index contributed by atoms with van der Waals surface area (Å²) in [6.45, 7) is 11.0. The largest absolute Gasteiger partial charge is 0.444 e. The smallest absolute Gasteiger partial charge is 0.410 e. The van der Waals surface area contributed by atoms with Crippen LogP contribution in [0.2, 0.25) is 10.0 Å². The normalized spacial score (nSPS) is 22.4. The Morgan fingerprint density at radius 2 is 1.62 bits per heavy atom. The Morgan fingerprint density at radius 3 is 2.10 bits per heavy atom. The third-order valence-electron chi connectivity index (χ3n) is 6.16. The number of rotatable bonds is 4. The van der Waals surface area contributed by atoms with Crippen LogP contribution in [0.25, 0.3) is 0 Å². The number of ether oxygens (including phenoxy) is 1. The van der Waals surface area contributed by atoms with E-state index < -0.39 is 17.7 Å². The van der Waals surface area contributed by atoms with Crippen molar-refractivity contribution in [1.29, 1.82) is 0 Å². The zero-order valence-electron chi connectivity index (χ0n) is 24.0. The maximum absolute atomic E-state index is 12.7. The Hall–Kier alpha value is -2.12. The lowest BCUT2D eigenvalue weighted by molar-refractivity contribution is 0.0218. The van der Waals surface area contributed by atoms with Crippen LogP contribution in [0, 0.1) is 5.92 Å². The molecule has 218 valence electrons. The average molecular weight is 583 g/mol. The Bertz CT molecular complexity index is 1040. The number of amides is 1. The molecular weight excluding hydrogens is 535 g/mol. The molecule has 0 aliphatic carbocycles. The van der Waals surface area contributed by atoms with Gasteiger partial charge in [0, 0.05) is 36.1 Å². The van der Waals surface area contributed by atoms with E-state index in [9.17, 15) is 14.7 Å². The monoisotopic (exact) mass is 581 g/mol. The van der Waals surface area contributed by atoms with Crippen LogP contribution in [-0.4, -0.2) is 58.8 Å². The number of likely N-dealkylation sites (tertiary alicyclic amines) is 1. The van der Waals surface area contributed by atoms with Crippen molar-refractivity contribution in [2.45, 2.75) is 92.0 Å². The highest BCUT2D eigenvalue weighted by Crippen LogP contribution is 2.28. The predicted molar refractivity (Wildman–Crippen MR) is 162 cm³/mol. The molecule has 0 bridgehead atoms. The van der Waals surface area contributed by atoms with E-state index in [2.05, 4.69) is 5.32 Å². The SMILES string of the molecule is C.C[C@H]1C[C@H](C(=O)c2ccc(Cl)cc2)N(C(=O)OC(C)(C)C)C1.O[C@@H]1CN[C@@H](Cc2ccc(Cl)cc2)C1.[2H]CC. The molecule has 2 aromatic rings. The van der Waals surface area contributed by atoms with Crippen LogP contribution < -0.4 is 5.32 Å². The molecule has 4 atom stereocenters. The highest BCUT2D eigenvalue weighted by atomic mass is 35.5. The third-order valence-corrected chi connectivity index (χ3v) is 6.67. The molecule has 2 aliphatic rings. The number of nitrogens with one attached hydrogen (secondary N) is 1. The first-order chi connectivity index (χ1) is 18.3. The van der Waals surface area contributed by atoms with Crippen LogP contribution in [0.1, 0.15) is 79.1 Å². The molecule has 0 unspecified atom stereocenters. The van der Waals surface area contributed by atoms with Crippen molar-refractivity contribution < 1.29 is 20.8 Å². The number of nitrogens with zero attached hydrogens (tertiary/aromatic N) is 1. The van der Waals surface area contributed by atoms with Crippen molar-refractivity contribution in [2.75, 3.05) is 13.1 Å². The highest BCUT2D eigenvalue weighted by Gasteiger charge is 2.40. The number of halogens is 2. The number of β-amino-alcohol motifs (C(OH)–C–C–N with tert-alkyl or cyclic N) is 1. The van der Waals surface area contributed by atoms with Gasteiger partial charge < -0.3 is 15.2 Å². The van der Waals surface area contributed by atoms with Gasteiger partial charge in [0.2, 0.25) is 0 Å². The van der Waals surface area contributed by atoms with Crippen LogP contribution in [0.3, 0.4) is 0 Å². The zero-order valence-corrected chi connectivity index (χ0v) is 24.6. The number of carbonyl (C=O) groups excluding carboxylic acids is 2. The van der Waals surface area contributed by atoms with E-state index in [0.29, 0.717) is 36.5 Å². The second-order valence-electron chi connectivity index (χ2n) is 10.7. The summed E-state index contributed by atoms with van der Waals surface area (Å²) in [6, 6.07) is 14.6. The van der Waals surface area contributed by atoms with Gasteiger partial charge in [-0.2, -0.15) is 0 Å². The van der Waals surface area contributed by atoms with Gasteiger partial charge in [-0.1, -0.05) is 63.5 Å². The molecular formula is C31H46Cl2N2O4. The van der Waals surface area contributed by atoms with Crippen molar-refractivity contribution in [2.24, 2.45) is 5.92 Å². The van der Waals surface area contributed by atoms with Gasteiger partial charge in [0.25, 0.3) is 0 Å². The van der Waals surface area contributed by atoms with Gasteiger partial charge in [-0.25, -0.2) is 4.79 Å². The molecule has 2 fully saturated rings. The molecule has 2 saturated heterocycles. The molecule has 2 aliphatic heterocycles. The third kappa shape index (κ3) is 11.5. The van der Waals surface area contributed by atoms with Gasteiger partial charge >= 0.3 is 6.09 Å². The summed E-state index contributed by atoms with van der Waals surface area (Å²) >= 11 is 11.7. The molecule has 39 heavy (non-hydrogen) atoms. The van der Waals surface area contributed by atoms with E-state index in [0.717, 1.165) is 24.4 Å². The minimum atomic E-state index is -0.573. The van der Waals surface area contributed by atoms with Gasteiger partial charge in [-0.15, -0.1) is 0 Å². The topological polar surface area (TPSA) is 78.9 Å². The standard InChI is InChI=1S/C17H22ClNO3.C11H14ClNO.C2H6.CH4/c1-11-9-14(15(20)12-5-7-13(18)8-6-12)19(10-11)16(21)22-17(2,3)4;12-9-3-1-8(2-4-9)5-10-6-11(14)7-13-10;1-2;/h5-8,11,14H,9-10H2,1-4H3;1-4,10-11,13-14H,5-7H2;1-2H3;1H4/t11-,14+;10-,11-;;/m00../s1/i;;1D;. The molecule has 2 aromatic carbocycles. The van der Waals surface area contributed by atoms with Crippen molar-refractivity contribution >= 4 is 35.1 Å². The summed E-state index contributed by atoms with van der Waals surface area (Å²) in [5.74, 6) is 0.209. The molecule has 0 spiro atoms. The molecule has 0 aromatic heterocycles. The number of aliphatic hydroxyl groups is 1. The van der Waals surface area contributed by atoms with Crippen molar-refractivity contribution in [1.82, 2.24) is 10.2 Å². The molecule has 6 nitrogen and oxygen atoms in total. The van der Waals surface area contributed by atoms with Crippen LogP contribution in [0.4, 0.5) is 4.79 Å². The molecule has 0 saturated carbocycles. The zero-order chi connectivity index (χ0) is 29.2. The summed E-state index contributed by atoms with van der Waals surface area (Å²) in [5.41, 5.74) is 1.26. The quantitative estimate of drug-likeness (QED) is 0.367. The lowest BCUT2D eigenvalue weighted by atomic mass is 9.99. The van der Waals surface area contributed by atoms with Crippen LogP contribution in [-0.2, 0) is 11.2 Å². The van der Waals surface area contributed by atoms with Crippen molar-refractivity contribution in [3.05, 3.63) is 69.7 Å². The summed E-state index contributed by atoms with van der Waals surface area (Å²) in [4.78, 5) is 26.6. The maximum atomic E-state index is 12.7. The minimum absolute atomic E-state index is 0. The second-order valence-corrected chi connectivity index (χ2v) is 11.6. The summed E-state index contributed by atoms with van der Waals surface area (Å²) in [7, 11) is 0. The number of hydrogen-bond acceptors (Lipinski definition) is 5. The first-order valence-electron chi connectivity index (χ1n) is 13.8. The second kappa shape index (κ2) is 16.2. The van der Waals surface area contributed by atoms with Gasteiger partial charge in [-0.05, 0) is 87.9 Å². The number of benzene rings is 2. The van der Waals surface area contributed by atoms with Crippen LogP contribution in [0.15, 0.2) is 48.5 Å². The molecule has 2 heterocycles. The summed E-state index contributed by atoms with van der Waals surface area (Å²) < 4.78 is 11.6. The molecule has 1 amide bonds. The van der Waals surface area contributed by atoms with Gasteiger partial charge in [0.15, 0.2) is 5.78 Å². The fraction of sp³-hybridized carbons (Fsp3) is 0.548. The van der Waals surface area contributed by atoms with Gasteiger partial charge in [0.05, 0.1) is 12.1 Å². The highest BCUT2D eigenvalue weighted by molar-refractivity contribution is 6.30. The fourth-order valence-electron chi connectivity index (χ4n) is 4.48.